The summed E-state index contributed by atoms with van der Waals surface area (Å²) >= 11 is 0. The molecule has 1 atom stereocenters. The highest BCUT2D eigenvalue weighted by Gasteiger charge is 2.29. The van der Waals surface area contributed by atoms with Gasteiger partial charge in [0.15, 0.2) is 0 Å². The van der Waals surface area contributed by atoms with Crippen LogP contribution in [0.2, 0.25) is 0 Å². The van der Waals surface area contributed by atoms with E-state index in [2.05, 4.69) is 5.32 Å². The van der Waals surface area contributed by atoms with E-state index >= 15 is 0 Å². The summed E-state index contributed by atoms with van der Waals surface area (Å²) in [5.41, 5.74) is -0.574. The van der Waals surface area contributed by atoms with Crippen molar-refractivity contribution in [2.75, 3.05) is 14.2 Å². The van der Waals surface area contributed by atoms with Crippen LogP contribution >= 0.6 is 0 Å². The van der Waals surface area contributed by atoms with Gasteiger partial charge in [0.25, 0.3) is 0 Å². The summed E-state index contributed by atoms with van der Waals surface area (Å²) in [5, 5.41) is 4.17. The molecule has 0 aromatic rings. The Morgan fingerprint density at radius 2 is 1.86 bits per heavy atom. The van der Waals surface area contributed by atoms with E-state index in [9.17, 15) is 9.59 Å². The van der Waals surface area contributed by atoms with Gasteiger partial charge >= 0.3 is 6.09 Å². The zero-order valence-electron chi connectivity index (χ0n) is 13.8. The molecule has 0 aromatic heterocycles. The normalized spacial score (nSPS) is 17.8. The maximum atomic E-state index is 12.3. The van der Waals surface area contributed by atoms with Crippen LogP contribution in [-0.2, 0) is 14.4 Å². The van der Waals surface area contributed by atoms with Gasteiger partial charge in [-0.05, 0) is 33.6 Å². The number of alkyl carbamates (subject to hydrolysis) is 1. The lowest BCUT2D eigenvalue weighted by molar-refractivity contribution is -0.155. The highest BCUT2D eigenvalue weighted by atomic mass is 16.7. The van der Waals surface area contributed by atoms with Crippen LogP contribution in [-0.4, -0.2) is 42.9 Å². The highest BCUT2D eigenvalue weighted by Crippen LogP contribution is 2.27. The Kier molecular flexibility index (Phi) is 6.61. The van der Waals surface area contributed by atoms with Crippen molar-refractivity contribution in [3.05, 3.63) is 0 Å². The quantitative estimate of drug-likeness (QED) is 0.603. The molecular formula is C15H28N2O4. The van der Waals surface area contributed by atoms with Gasteiger partial charge in [0.1, 0.15) is 17.6 Å². The van der Waals surface area contributed by atoms with Crippen molar-refractivity contribution in [3.63, 3.8) is 0 Å². The fraction of sp³-hybridized carbons (Fsp3) is 0.867. The van der Waals surface area contributed by atoms with Gasteiger partial charge in [0, 0.05) is 19.4 Å². The predicted molar refractivity (Wildman–Crippen MR) is 79.5 cm³/mol. The van der Waals surface area contributed by atoms with Crippen LogP contribution in [0.15, 0.2) is 0 Å². The molecule has 0 bridgehead atoms. The van der Waals surface area contributed by atoms with E-state index in [1.165, 1.54) is 12.2 Å². The molecule has 6 heteroatoms. The topological polar surface area (TPSA) is 67.9 Å². The third kappa shape index (κ3) is 6.44. The zero-order chi connectivity index (χ0) is 16.0. The fourth-order valence-electron chi connectivity index (χ4n) is 2.45. The molecule has 0 radical (unpaired) electrons. The molecular weight excluding hydrogens is 272 g/mol. The van der Waals surface area contributed by atoms with Crippen molar-refractivity contribution in [1.82, 2.24) is 10.4 Å². The smallest absolute Gasteiger partial charge is 0.408 e. The molecule has 1 aliphatic carbocycles. The van der Waals surface area contributed by atoms with E-state index in [0.717, 1.165) is 25.7 Å². The average Bonchev–Trinajstić information content (AvgIpc) is 2.88. The maximum Gasteiger partial charge on any atom is 0.408 e. The molecule has 1 N–H and O–H groups in total. The molecule has 1 amide bonds. The van der Waals surface area contributed by atoms with Crippen LogP contribution in [0.3, 0.4) is 0 Å². The largest absolute Gasteiger partial charge is 0.444 e. The van der Waals surface area contributed by atoms with E-state index in [1.807, 2.05) is 0 Å². The number of amides is 1. The lowest BCUT2D eigenvalue weighted by Crippen LogP contribution is -2.49. The van der Waals surface area contributed by atoms with E-state index in [1.54, 1.807) is 27.8 Å². The first-order valence-electron chi connectivity index (χ1n) is 7.52. The first-order valence-corrected chi connectivity index (χ1v) is 7.52. The number of rotatable bonds is 6. The van der Waals surface area contributed by atoms with E-state index in [-0.39, 0.29) is 18.1 Å². The van der Waals surface area contributed by atoms with Crippen LogP contribution in [0.5, 0.6) is 0 Å². The molecule has 0 unspecified atom stereocenters. The van der Waals surface area contributed by atoms with E-state index in [4.69, 9.17) is 9.57 Å². The number of carbonyl (C=O) groups is 2. The van der Waals surface area contributed by atoms with E-state index in [0.29, 0.717) is 0 Å². The monoisotopic (exact) mass is 300 g/mol. The molecule has 1 saturated carbocycles. The van der Waals surface area contributed by atoms with Crippen molar-refractivity contribution in [3.8, 4) is 0 Å². The molecule has 21 heavy (non-hydrogen) atoms. The van der Waals surface area contributed by atoms with Crippen LogP contribution in [0.1, 0.15) is 52.9 Å². The molecule has 122 valence electrons. The molecule has 6 nitrogen and oxygen atoms in total. The van der Waals surface area contributed by atoms with Gasteiger partial charge < -0.3 is 14.9 Å². The number of hydrogen-bond donors (Lipinski definition) is 1. The second-order valence-corrected chi connectivity index (χ2v) is 6.54. The van der Waals surface area contributed by atoms with Gasteiger partial charge in [-0.2, -0.15) is 5.06 Å². The van der Waals surface area contributed by atoms with Gasteiger partial charge in [0.2, 0.25) is 0 Å². The molecule has 0 aromatic carbocycles. The molecule has 0 aliphatic heterocycles. The Labute approximate surface area is 127 Å². The maximum absolute atomic E-state index is 12.3. The Bertz CT molecular complexity index is 359. The van der Waals surface area contributed by atoms with E-state index < -0.39 is 17.9 Å². The van der Waals surface area contributed by atoms with Crippen LogP contribution in [0.25, 0.3) is 0 Å². The lowest BCUT2D eigenvalue weighted by atomic mass is 9.99. The second-order valence-electron chi connectivity index (χ2n) is 6.54. The molecule has 1 aliphatic rings. The van der Waals surface area contributed by atoms with Crippen molar-refractivity contribution in [2.45, 2.75) is 64.6 Å². The predicted octanol–water partition coefficient (Wildman–Crippen LogP) is 2.48. The number of carbonyl (C=O) groups excluding carboxylic acids is 2. The van der Waals surface area contributed by atoms with Crippen LogP contribution < -0.4 is 5.32 Å². The molecule has 0 saturated heterocycles. The minimum absolute atomic E-state index is 0.123. The number of hydroxylamine groups is 2. The summed E-state index contributed by atoms with van der Waals surface area (Å²) in [5.74, 6) is 0.302. The van der Waals surface area contributed by atoms with Crippen LogP contribution in [0.4, 0.5) is 4.79 Å². The molecule has 1 fully saturated rings. The zero-order valence-corrected chi connectivity index (χ0v) is 13.8. The third-order valence-corrected chi connectivity index (χ3v) is 3.62. The van der Waals surface area contributed by atoms with Gasteiger partial charge in [0.05, 0.1) is 7.11 Å². The van der Waals surface area contributed by atoms with Gasteiger partial charge in [-0.15, -0.1) is 0 Å². The number of ether oxygens (including phenoxy) is 1. The first kappa shape index (κ1) is 17.9. The van der Waals surface area contributed by atoms with Crippen molar-refractivity contribution in [2.24, 2.45) is 5.92 Å². The number of nitrogens with zero attached hydrogens (tertiary/aromatic N) is 1. The lowest BCUT2D eigenvalue weighted by Gasteiger charge is -2.28. The summed E-state index contributed by atoms with van der Waals surface area (Å²) in [4.78, 5) is 29.3. The number of hydrogen-bond acceptors (Lipinski definition) is 5. The summed E-state index contributed by atoms with van der Waals surface area (Å²) in [6.07, 6.45) is 3.30. The molecule has 0 spiro atoms. The van der Waals surface area contributed by atoms with Crippen molar-refractivity contribution < 1.29 is 19.2 Å². The standard InChI is InChI=1S/C15H28N2O4/c1-15(2,3)21-14(19)16-13(17(4)20-5)10-12(18)11-8-6-7-9-11/h11,13H,6-10H2,1-5H3,(H,16,19)/t13-/m0/s1. The van der Waals surface area contributed by atoms with Gasteiger partial charge in [-0.3, -0.25) is 4.79 Å². The minimum Gasteiger partial charge on any atom is -0.444 e. The highest BCUT2D eigenvalue weighted by molar-refractivity contribution is 5.82. The first-order chi connectivity index (χ1) is 9.73. The van der Waals surface area contributed by atoms with Crippen LogP contribution in [0, 0.1) is 5.92 Å². The summed E-state index contributed by atoms with van der Waals surface area (Å²) < 4.78 is 5.23. The van der Waals surface area contributed by atoms with Gasteiger partial charge in [-0.25, -0.2) is 4.79 Å². The number of nitrogens with one attached hydrogen (secondary N) is 1. The summed E-state index contributed by atoms with van der Waals surface area (Å²) in [6.45, 7) is 5.39. The Hall–Kier alpha value is -1.14. The minimum atomic E-state index is -0.574. The van der Waals surface area contributed by atoms with Gasteiger partial charge in [-0.1, -0.05) is 12.8 Å². The molecule has 0 heterocycles. The number of ketones is 1. The second kappa shape index (κ2) is 7.75. The van der Waals surface area contributed by atoms with Crippen molar-refractivity contribution in [1.29, 1.82) is 0 Å². The average molecular weight is 300 g/mol. The fourth-order valence-corrected chi connectivity index (χ4v) is 2.45. The Morgan fingerprint density at radius 1 is 1.29 bits per heavy atom. The Morgan fingerprint density at radius 3 is 2.33 bits per heavy atom. The summed E-state index contributed by atoms with van der Waals surface area (Å²) in [7, 11) is 3.19. The third-order valence-electron chi connectivity index (χ3n) is 3.62. The Balaban J connectivity index is 2.58. The number of Topliss-reactive ketones (excluding diaryl/α,β-unsaturated/α-hetero) is 1. The molecule has 1 rings (SSSR count). The summed E-state index contributed by atoms with van der Waals surface area (Å²) in [6, 6.07) is 0. The van der Waals surface area contributed by atoms with Crippen molar-refractivity contribution >= 4 is 11.9 Å². The SMILES string of the molecule is CON(C)[C@@H](CC(=O)C1CCCC1)NC(=O)OC(C)(C)C.